The third kappa shape index (κ3) is 5.98. The van der Waals surface area contributed by atoms with Crippen molar-refractivity contribution in [2.24, 2.45) is 16.2 Å². The first-order chi connectivity index (χ1) is 18.9. The molecule has 0 saturated heterocycles. The third-order valence-electron chi connectivity index (χ3n) is 9.13. The van der Waals surface area contributed by atoms with Crippen molar-refractivity contribution in [1.29, 1.82) is 0 Å². The van der Waals surface area contributed by atoms with E-state index in [1.165, 1.54) is 6.42 Å². The molecule has 9 nitrogen and oxygen atoms in total. The number of ether oxygens (including phenoxy) is 2. The summed E-state index contributed by atoms with van der Waals surface area (Å²) >= 11 is 6.00. The molecule has 2 heterocycles. The van der Waals surface area contributed by atoms with Gasteiger partial charge in [0.15, 0.2) is 5.69 Å². The second kappa shape index (κ2) is 9.97. The Morgan fingerprint density at radius 2 is 1.73 bits per heavy atom. The summed E-state index contributed by atoms with van der Waals surface area (Å²) in [5.41, 5.74) is 1.68. The van der Waals surface area contributed by atoms with Crippen molar-refractivity contribution in [1.82, 2.24) is 19.7 Å². The van der Waals surface area contributed by atoms with Crippen LogP contribution in [-0.2, 0) is 16.0 Å². The molecular weight excluding hydrogens is 544 g/mol. The van der Waals surface area contributed by atoms with Crippen LogP contribution in [0.2, 0.25) is 5.15 Å². The van der Waals surface area contributed by atoms with Crippen LogP contribution in [0.1, 0.15) is 89.3 Å². The van der Waals surface area contributed by atoms with Gasteiger partial charge in [-0.3, -0.25) is 4.68 Å². The summed E-state index contributed by atoms with van der Waals surface area (Å²) < 4.78 is 14.3. The van der Waals surface area contributed by atoms with Crippen LogP contribution >= 0.6 is 11.6 Å². The van der Waals surface area contributed by atoms with Gasteiger partial charge in [0, 0.05) is 37.0 Å². The summed E-state index contributed by atoms with van der Waals surface area (Å²) in [5.74, 6) is -1.12. The van der Waals surface area contributed by atoms with Crippen molar-refractivity contribution >= 4 is 23.7 Å². The number of hydrogen-bond acceptors (Lipinski definition) is 6. The monoisotopic (exact) mass is 586 g/mol. The lowest BCUT2D eigenvalue weighted by Gasteiger charge is -2.69. The molecule has 224 valence electrons. The summed E-state index contributed by atoms with van der Waals surface area (Å²) in [6.45, 7) is 14.1. The van der Waals surface area contributed by atoms with Crippen molar-refractivity contribution in [3.8, 4) is 11.1 Å². The van der Waals surface area contributed by atoms with E-state index in [-0.39, 0.29) is 38.8 Å². The van der Waals surface area contributed by atoms with Gasteiger partial charge in [0.25, 0.3) is 0 Å². The lowest BCUT2D eigenvalue weighted by Crippen LogP contribution is -2.64. The number of halogens is 1. The van der Waals surface area contributed by atoms with E-state index in [4.69, 9.17) is 26.2 Å². The highest BCUT2D eigenvalue weighted by Crippen LogP contribution is 2.72. The Labute approximate surface area is 247 Å². The maximum absolute atomic E-state index is 12.5. The van der Waals surface area contributed by atoms with Gasteiger partial charge in [0.1, 0.15) is 10.8 Å². The highest BCUT2D eigenvalue weighted by Gasteiger charge is 2.66. The van der Waals surface area contributed by atoms with Crippen molar-refractivity contribution in [3.63, 3.8) is 0 Å². The van der Waals surface area contributed by atoms with Crippen LogP contribution in [0.5, 0.6) is 0 Å². The van der Waals surface area contributed by atoms with E-state index in [0.29, 0.717) is 18.7 Å². The molecule has 1 N–H and O–H groups in total. The predicted octanol–water partition coefficient (Wildman–Crippen LogP) is 6.61. The van der Waals surface area contributed by atoms with Gasteiger partial charge in [-0.15, -0.1) is 0 Å². The summed E-state index contributed by atoms with van der Waals surface area (Å²) in [7, 11) is 1.76. The Kier molecular flexibility index (Phi) is 7.25. The number of carbonyl (C=O) groups excluding carboxylic acids is 1. The SMILES string of the molecule is Cc1c(-c2ccc(Cl)nc2C(=O)O)cnn1CC12CC3(C)CC(C)(C1)CC(OCCN(C)C(=O)OC(C)(C)C)(C3)C2. The largest absolute Gasteiger partial charge is 0.476 e. The van der Waals surface area contributed by atoms with Gasteiger partial charge in [-0.05, 0) is 94.6 Å². The minimum Gasteiger partial charge on any atom is -0.476 e. The van der Waals surface area contributed by atoms with E-state index in [2.05, 4.69) is 18.8 Å². The Morgan fingerprint density at radius 1 is 1.07 bits per heavy atom. The molecule has 0 aliphatic heterocycles. The van der Waals surface area contributed by atoms with E-state index < -0.39 is 11.6 Å². The number of hydrogen-bond donors (Lipinski definition) is 1. The molecule has 41 heavy (non-hydrogen) atoms. The fraction of sp³-hybridized carbons (Fsp3) is 0.677. The molecule has 0 spiro atoms. The number of likely N-dealkylation sites (N-methyl/N-ethyl adjacent to an activating group) is 1. The van der Waals surface area contributed by atoms with Crippen LogP contribution in [0.15, 0.2) is 18.3 Å². The maximum atomic E-state index is 12.5. The van der Waals surface area contributed by atoms with E-state index in [1.54, 1.807) is 30.3 Å². The van der Waals surface area contributed by atoms with Gasteiger partial charge in [0.2, 0.25) is 0 Å². The molecule has 4 bridgehead atoms. The molecule has 1 amide bonds. The number of aromatic nitrogens is 3. The first kappa shape index (κ1) is 29.8. The Morgan fingerprint density at radius 3 is 2.34 bits per heavy atom. The number of carboxylic acid groups (broad SMARTS) is 1. The molecule has 6 rings (SSSR count). The molecule has 10 heteroatoms. The standard InChI is InChI=1S/C31H43ClN4O5/c1-20-22(21-8-9-23(32)34-24(21)25(37)38)12-33-36(20)19-30-14-28(5)13-29(6,15-30)17-31(16-28,18-30)40-11-10-35(7)26(39)41-27(2,3)4/h8-9,12H,10-11,13-19H2,1-7H3,(H,37,38). The number of carboxylic acids is 1. The van der Waals surface area contributed by atoms with Crippen LogP contribution < -0.4 is 0 Å². The molecule has 2 unspecified atom stereocenters. The van der Waals surface area contributed by atoms with E-state index >= 15 is 0 Å². The molecule has 4 aliphatic rings. The third-order valence-corrected chi connectivity index (χ3v) is 9.35. The van der Waals surface area contributed by atoms with Gasteiger partial charge < -0.3 is 19.5 Å². The Hall–Kier alpha value is -2.65. The van der Waals surface area contributed by atoms with Crippen molar-refractivity contribution in [2.45, 2.75) is 97.8 Å². The second-order valence-corrected chi connectivity index (χ2v) is 15.1. The highest BCUT2D eigenvalue weighted by molar-refractivity contribution is 6.29. The van der Waals surface area contributed by atoms with E-state index in [0.717, 1.165) is 49.9 Å². The van der Waals surface area contributed by atoms with Gasteiger partial charge in [-0.2, -0.15) is 5.10 Å². The zero-order valence-electron chi connectivity index (χ0n) is 25.3. The number of nitrogens with zero attached hydrogens (tertiary/aromatic N) is 4. The summed E-state index contributed by atoms with van der Waals surface area (Å²) in [4.78, 5) is 30.0. The maximum Gasteiger partial charge on any atom is 0.410 e. The van der Waals surface area contributed by atoms with E-state index in [9.17, 15) is 14.7 Å². The fourth-order valence-electron chi connectivity index (χ4n) is 8.98. The van der Waals surface area contributed by atoms with E-state index in [1.807, 2.05) is 32.4 Å². The molecule has 2 atom stereocenters. The predicted molar refractivity (Wildman–Crippen MR) is 156 cm³/mol. The zero-order valence-corrected chi connectivity index (χ0v) is 26.1. The molecular formula is C31H43ClN4O5. The van der Waals surface area contributed by atoms with Gasteiger partial charge in [-0.25, -0.2) is 14.6 Å². The Balaban J connectivity index is 1.36. The average Bonchev–Trinajstić information content (AvgIpc) is 3.14. The lowest BCUT2D eigenvalue weighted by atomic mass is 9.39. The molecule has 0 aromatic carbocycles. The molecule has 4 aliphatic carbocycles. The fourth-order valence-corrected chi connectivity index (χ4v) is 9.13. The summed E-state index contributed by atoms with van der Waals surface area (Å²) in [6.07, 6.45) is 7.80. The number of rotatable bonds is 8. The van der Waals surface area contributed by atoms with Gasteiger partial charge in [0.05, 0.1) is 18.4 Å². The topological polar surface area (TPSA) is 107 Å². The minimum atomic E-state index is -1.12. The second-order valence-electron chi connectivity index (χ2n) is 14.8. The summed E-state index contributed by atoms with van der Waals surface area (Å²) in [5, 5.41) is 14.6. The summed E-state index contributed by atoms with van der Waals surface area (Å²) in [6, 6.07) is 3.32. The minimum absolute atomic E-state index is 0.0112. The molecule has 4 fully saturated rings. The van der Waals surface area contributed by atoms with Crippen LogP contribution in [-0.4, -0.2) is 68.2 Å². The highest BCUT2D eigenvalue weighted by atomic mass is 35.5. The van der Waals surface area contributed by atoms with Crippen molar-refractivity contribution in [2.75, 3.05) is 20.2 Å². The van der Waals surface area contributed by atoms with Gasteiger partial charge in [-0.1, -0.05) is 25.4 Å². The normalized spacial score (nSPS) is 30.4. The van der Waals surface area contributed by atoms with Gasteiger partial charge >= 0.3 is 12.1 Å². The van der Waals surface area contributed by atoms with Crippen molar-refractivity contribution < 1.29 is 24.2 Å². The first-order valence-corrected chi connectivity index (χ1v) is 14.8. The number of aromatic carboxylic acids is 1. The lowest BCUT2D eigenvalue weighted by molar-refractivity contribution is -0.248. The molecule has 4 saturated carbocycles. The zero-order chi connectivity index (χ0) is 30.0. The van der Waals surface area contributed by atoms with Crippen LogP contribution in [0.25, 0.3) is 11.1 Å². The number of amides is 1. The van der Waals surface area contributed by atoms with Crippen LogP contribution in [0.4, 0.5) is 4.79 Å². The van der Waals surface area contributed by atoms with Crippen molar-refractivity contribution in [3.05, 3.63) is 34.9 Å². The number of pyridine rings is 1. The quantitative estimate of drug-likeness (QED) is 0.347. The smallest absolute Gasteiger partial charge is 0.410 e. The average molecular weight is 587 g/mol. The first-order valence-electron chi connectivity index (χ1n) is 14.4. The molecule has 2 aromatic heterocycles. The molecule has 2 aromatic rings. The Bertz CT molecular complexity index is 1350. The van der Waals surface area contributed by atoms with Crippen LogP contribution in [0.3, 0.4) is 0 Å². The number of carbonyl (C=O) groups is 2. The van der Waals surface area contributed by atoms with Crippen LogP contribution in [0, 0.1) is 23.2 Å². The molecule has 0 radical (unpaired) electrons.